The Balaban J connectivity index is 2.54. The van der Waals surface area contributed by atoms with E-state index in [0.717, 1.165) is 22.4 Å². The Labute approximate surface area is 141 Å². The van der Waals surface area contributed by atoms with Crippen LogP contribution in [0.5, 0.6) is 5.75 Å². The SMILES string of the molecule is CC(O)c1c(O[Si](C)(C)C(C)(C)C)cccc1-c1ccccc1. The second kappa shape index (κ2) is 6.50. The maximum Gasteiger partial charge on any atom is 0.250 e. The Morgan fingerprint density at radius 2 is 1.57 bits per heavy atom. The highest BCUT2D eigenvalue weighted by molar-refractivity contribution is 6.74. The van der Waals surface area contributed by atoms with Crippen LogP contribution in [-0.4, -0.2) is 13.4 Å². The van der Waals surface area contributed by atoms with Crippen molar-refractivity contribution in [2.24, 2.45) is 0 Å². The highest BCUT2D eigenvalue weighted by Gasteiger charge is 2.39. The Morgan fingerprint density at radius 1 is 0.957 bits per heavy atom. The molecule has 1 unspecified atom stereocenters. The molecule has 0 saturated heterocycles. The number of benzene rings is 2. The molecule has 0 aliphatic heterocycles. The fourth-order valence-electron chi connectivity index (χ4n) is 2.36. The average Bonchev–Trinajstić information content (AvgIpc) is 2.46. The summed E-state index contributed by atoms with van der Waals surface area (Å²) in [6.07, 6.45) is -0.578. The zero-order valence-electron chi connectivity index (χ0n) is 15.1. The van der Waals surface area contributed by atoms with Crippen molar-refractivity contribution in [2.45, 2.75) is 51.9 Å². The molecule has 2 aromatic rings. The van der Waals surface area contributed by atoms with Crippen molar-refractivity contribution in [1.29, 1.82) is 0 Å². The van der Waals surface area contributed by atoms with E-state index >= 15 is 0 Å². The smallest absolute Gasteiger partial charge is 0.250 e. The van der Waals surface area contributed by atoms with Gasteiger partial charge in [0.15, 0.2) is 0 Å². The Morgan fingerprint density at radius 3 is 2.09 bits per heavy atom. The summed E-state index contributed by atoms with van der Waals surface area (Å²) in [4.78, 5) is 0. The molecule has 0 heterocycles. The first-order valence-corrected chi connectivity index (χ1v) is 11.1. The first-order valence-electron chi connectivity index (χ1n) is 8.19. The van der Waals surface area contributed by atoms with Gasteiger partial charge in [-0.15, -0.1) is 0 Å². The first kappa shape index (κ1) is 17.8. The van der Waals surface area contributed by atoms with Gasteiger partial charge in [0.1, 0.15) is 5.75 Å². The van der Waals surface area contributed by atoms with E-state index in [1.807, 2.05) is 30.3 Å². The summed E-state index contributed by atoms with van der Waals surface area (Å²) in [7, 11) is -1.96. The van der Waals surface area contributed by atoms with Crippen LogP contribution in [0.25, 0.3) is 11.1 Å². The predicted octanol–water partition coefficient (Wildman–Crippen LogP) is 5.79. The topological polar surface area (TPSA) is 29.5 Å². The Bertz CT molecular complexity index is 655. The van der Waals surface area contributed by atoms with Gasteiger partial charge in [-0.3, -0.25) is 0 Å². The number of rotatable bonds is 4. The summed E-state index contributed by atoms with van der Waals surface area (Å²) in [6.45, 7) is 12.9. The Kier molecular flexibility index (Phi) is 5.02. The monoisotopic (exact) mass is 328 g/mol. The molecule has 0 aliphatic carbocycles. The van der Waals surface area contributed by atoms with Crippen molar-refractivity contribution in [1.82, 2.24) is 0 Å². The van der Waals surface area contributed by atoms with Crippen molar-refractivity contribution in [3.8, 4) is 16.9 Å². The van der Waals surface area contributed by atoms with Crippen LogP contribution in [0.1, 0.15) is 39.4 Å². The molecule has 0 bridgehead atoms. The van der Waals surface area contributed by atoms with Crippen molar-refractivity contribution >= 4 is 8.32 Å². The highest BCUT2D eigenvalue weighted by Crippen LogP contribution is 2.41. The van der Waals surface area contributed by atoms with E-state index in [1.54, 1.807) is 6.92 Å². The lowest BCUT2D eigenvalue weighted by Crippen LogP contribution is -2.44. The van der Waals surface area contributed by atoms with Crippen LogP contribution in [-0.2, 0) is 0 Å². The summed E-state index contributed by atoms with van der Waals surface area (Å²) < 4.78 is 6.50. The molecule has 0 aromatic heterocycles. The normalized spacial score (nSPS) is 13.7. The molecule has 23 heavy (non-hydrogen) atoms. The Hall–Kier alpha value is -1.58. The van der Waals surface area contributed by atoms with Crippen LogP contribution < -0.4 is 4.43 Å². The third kappa shape index (κ3) is 3.85. The molecule has 0 aliphatic rings. The summed E-state index contributed by atoms with van der Waals surface area (Å²) in [5.41, 5.74) is 3.02. The zero-order valence-corrected chi connectivity index (χ0v) is 16.1. The van der Waals surface area contributed by atoms with E-state index in [0.29, 0.717) is 0 Å². The molecule has 0 spiro atoms. The second-order valence-electron chi connectivity index (χ2n) is 7.62. The number of hydrogen-bond donors (Lipinski definition) is 1. The van der Waals surface area contributed by atoms with Gasteiger partial charge in [0.05, 0.1) is 6.10 Å². The quantitative estimate of drug-likeness (QED) is 0.720. The van der Waals surface area contributed by atoms with Crippen molar-refractivity contribution in [2.75, 3.05) is 0 Å². The van der Waals surface area contributed by atoms with Crippen LogP contribution in [0.2, 0.25) is 18.1 Å². The molecule has 1 atom stereocenters. The minimum absolute atomic E-state index is 0.117. The van der Waals surface area contributed by atoms with Gasteiger partial charge >= 0.3 is 0 Å². The standard InChI is InChI=1S/C20H28O2Si/c1-15(21)19-17(16-11-8-7-9-12-16)13-10-14-18(19)22-23(5,6)20(2,3)4/h7-15,21H,1-6H3. The summed E-state index contributed by atoms with van der Waals surface area (Å²) in [5.74, 6) is 0.813. The lowest BCUT2D eigenvalue weighted by molar-refractivity contribution is 0.197. The summed E-state index contributed by atoms with van der Waals surface area (Å²) in [6, 6.07) is 16.2. The van der Waals surface area contributed by atoms with Crippen molar-refractivity contribution < 1.29 is 9.53 Å². The van der Waals surface area contributed by atoms with Crippen LogP contribution in [0.15, 0.2) is 48.5 Å². The predicted molar refractivity (Wildman–Crippen MR) is 100 cm³/mol. The van der Waals surface area contributed by atoms with E-state index in [9.17, 15) is 5.11 Å². The maximum atomic E-state index is 10.4. The minimum atomic E-state index is -1.96. The van der Waals surface area contributed by atoms with Gasteiger partial charge in [0.25, 0.3) is 0 Å². The molecule has 1 N–H and O–H groups in total. The van der Waals surface area contributed by atoms with Crippen LogP contribution in [0, 0.1) is 0 Å². The van der Waals surface area contributed by atoms with Gasteiger partial charge in [-0.05, 0) is 42.2 Å². The zero-order chi connectivity index (χ0) is 17.3. The fourth-order valence-corrected chi connectivity index (χ4v) is 3.40. The number of aliphatic hydroxyl groups is 1. The molecule has 0 radical (unpaired) electrons. The molecule has 0 fully saturated rings. The van der Waals surface area contributed by atoms with Gasteiger partial charge in [0, 0.05) is 5.56 Å². The van der Waals surface area contributed by atoms with Gasteiger partial charge in [-0.25, -0.2) is 0 Å². The third-order valence-corrected chi connectivity index (χ3v) is 9.08. The van der Waals surface area contributed by atoms with Crippen LogP contribution >= 0.6 is 0 Å². The van der Waals surface area contributed by atoms with Crippen LogP contribution in [0.3, 0.4) is 0 Å². The molecule has 2 rings (SSSR count). The third-order valence-electron chi connectivity index (χ3n) is 4.74. The molecule has 0 saturated carbocycles. The number of aliphatic hydroxyl groups excluding tert-OH is 1. The second-order valence-corrected chi connectivity index (χ2v) is 12.3. The van der Waals surface area contributed by atoms with Gasteiger partial charge in [-0.2, -0.15) is 0 Å². The first-order chi connectivity index (χ1) is 10.6. The van der Waals surface area contributed by atoms with E-state index in [1.165, 1.54) is 0 Å². The van der Waals surface area contributed by atoms with E-state index < -0.39 is 14.4 Å². The van der Waals surface area contributed by atoms with Crippen molar-refractivity contribution in [3.63, 3.8) is 0 Å². The van der Waals surface area contributed by atoms with E-state index in [-0.39, 0.29) is 5.04 Å². The van der Waals surface area contributed by atoms with E-state index in [4.69, 9.17) is 4.43 Å². The molecule has 2 aromatic carbocycles. The fraction of sp³-hybridized carbons (Fsp3) is 0.400. The summed E-state index contributed by atoms with van der Waals surface area (Å²) in [5, 5.41) is 10.5. The average molecular weight is 329 g/mol. The molecule has 3 heteroatoms. The highest BCUT2D eigenvalue weighted by atomic mass is 28.4. The molecule has 124 valence electrons. The van der Waals surface area contributed by atoms with Gasteiger partial charge in [0.2, 0.25) is 8.32 Å². The largest absolute Gasteiger partial charge is 0.543 e. The lowest BCUT2D eigenvalue weighted by atomic mass is 9.96. The van der Waals surface area contributed by atoms with Gasteiger partial charge < -0.3 is 9.53 Å². The molecule has 0 amide bonds. The minimum Gasteiger partial charge on any atom is -0.543 e. The van der Waals surface area contributed by atoms with Crippen LogP contribution in [0.4, 0.5) is 0 Å². The molecular weight excluding hydrogens is 300 g/mol. The lowest BCUT2D eigenvalue weighted by Gasteiger charge is -2.37. The molecule has 2 nitrogen and oxygen atoms in total. The number of hydrogen-bond acceptors (Lipinski definition) is 2. The van der Waals surface area contributed by atoms with Crippen molar-refractivity contribution in [3.05, 3.63) is 54.1 Å². The maximum absolute atomic E-state index is 10.4. The summed E-state index contributed by atoms with van der Waals surface area (Å²) >= 11 is 0. The van der Waals surface area contributed by atoms with Gasteiger partial charge in [-0.1, -0.05) is 63.2 Å². The van der Waals surface area contributed by atoms with E-state index in [2.05, 4.69) is 52.1 Å². The molecular formula is C20H28O2Si.